The zero-order valence-corrected chi connectivity index (χ0v) is 33.5. The van der Waals surface area contributed by atoms with Gasteiger partial charge in [0.2, 0.25) is 0 Å². The number of carbonyl (C=O) groups excluding carboxylic acids is 1. The minimum Gasteiger partial charge on any atom is -0.457 e. The van der Waals surface area contributed by atoms with Gasteiger partial charge in [-0.3, -0.25) is 13.8 Å². The van der Waals surface area contributed by atoms with Gasteiger partial charge in [0.15, 0.2) is 0 Å². The summed E-state index contributed by atoms with van der Waals surface area (Å²) in [4.78, 5) is 22.4. The van der Waals surface area contributed by atoms with Crippen molar-refractivity contribution in [1.29, 1.82) is 0 Å². The molecule has 0 aromatic carbocycles. The van der Waals surface area contributed by atoms with E-state index >= 15 is 0 Å². The number of phosphoric ester groups is 1. The number of hydrogen-bond donors (Lipinski definition) is 2. The summed E-state index contributed by atoms with van der Waals surface area (Å²) in [5, 5.41) is 0. The smallest absolute Gasteiger partial charge is 0.457 e. The van der Waals surface area contributed by atoms with Gasteiger partial charge in [-0.1, -0.05) is 167 Å². The minimum absolute atomic E-state index is 0.0952. The number of phosphoric acid groups is 1. The normalized spacial score (nSPS) is 13.8. The number of ether oxygens (including phenoxy) is 2. The molecule has 0 saturated heterocycles. The Morgan fingerprint density at radius 1 is 0.600 bits per heavy atom. The maximum Gasteiger partial charge on any atom is 0.472 e. The lowest BCUT2D eigenvalue weighted by atomic mass is 10.0. The Morgan fingerprint density at radius 2 is 1.06 bits per heavy atom. The fourth-order valence-electron chi connectivity index (χ4n) is 5.79. The van der Waals surface area contributed by atoms with Gasteiger partial charge in [0.25, 0.3) is 0 Å². The van der Waals surface area contributed by atoms with Gasteiger partial charge in [0.05, 0.1) is 19.8 Å². The van der Waals surface area contributed by atoms with Crippen molar-refractivity contribution in [2.24, 2.45) is 5.73 Å². The Hall–Kier alpha value is -1.02. The summed E-state index contributed by atoms with van der Waals surface area (Å²) in [6.45, 7) is 4.91. The molecule has 0 spiro atoms. The topological polar surface area (TPSA) is 117 Å². The summed E-state index contributed by atoms with van der Waals surface area (Å²) in [7, 11) is -4.27. The molecule has 0 amide bonds. The molecular formula is C41H80NO7P. The Morgan fingerprint density at radius 3 is 1.60 bits per heavy atom. The summed E-state index contributed by atoms with van der Waals surface area (Å²) in [6, 6.07) is 0. The van der Waals surface area contributed by atoms with Crippen LogP contribution in [-0.2, 0) is 27.9 Å². The SMILES string of the molecule is CCCCC/C=C\C/C=C\CCCCCCCCCC(=O)O[C@H](COCCCCCCCCCCCCCCCC)COP(=O)(O)OCCN. The van der Waals surface area contributed by atoms with Gasteiger partial charge in [0, 0.05) is 19.6 Å². The summed E-state index contributed by atoms with van der Waals surface area (Å²) < 4.78 is 33.4. The van der Waals surface area contributed by atoms with Crippen LogP contribution in [0.5, 0.6) is 0 Å². The molecule has 0 aromatic heterocycles. The largest absolute Gasteiger partial charge is 0.472 e. The second-order valence-electron chi connectivity index (χ2n) is 13.9. The predicted octanol–water partition coefficient (Wildman–Crippen LogP) is 12.1. The highest BCUT2D eigenvalue weighted by molar-refractivity contribution is 7.47. The van der Waals surface area contributed by atoms with Crippen LogP contribution in [0.4, 0.5) is 0 Å². The van der Waals surface area contributed by atoms with Gasteiger partial charge in [-0.05, 0) is 44.9 Å². The average Bonchev–Trinajstić information content (AvgIpc) is 3.10. The highest BCUT2D eigenvalue weighted by atomic mass is 31.2. The van der Waals surface area contributed by atoms with Gasteiger partial charge in [0.1, 0.15) is 6.10 Å². The molecule has 0 bridgehead atoms. The van der Waals surface area contributed by atoms with Crippen molar-refractivity contribution in [1.82, 2.24) is 0 Å². The molecule has 0 aliphatic rings. The van der Waals surface area contributed by atoms with E-state index in [2.05, 4.69) is 38.2 Å². The zero-order chi connectivity index (χ0) is 36.6. The zero-order valence-electron chi connectivity index (χ0n) is 32.6. The first kappa shape index (κ1) is 49.0. The van der Waals surface area contributed by atoms with E-state index in [1.165, 1.54) is 128 Å². The van der Waals surface area contributed by atoms with Crippen molar-refractivity contribution in [3.63, 3.8) is 0 Å². The quantitative estimate of drug-likeness (QED) is 0.0277. The Labute approximate surface area is 308 Å². The number of hydrogen-bond acceptors (Lipinski definition) is 7. The third-order valence-electron chi connectivity index (χ3n) is 8.87. The van der Waals surface area contributed by atoms with E-state index in [0.717, 1.165) is 44.9 Å². The predicted molar refractivity (Wildman–Crippen MR) is 210 cm³/mol. The van der Waals surface area contributed by atoms with Crippen LogP contribution in [0.3, 0.4) is 0 Å². The molecule has 50 heavy (non-hydrogen) atoms. The van der Waals surface area contributed by atoms with Gasteiger partial charge >= 0.3 is 13.8 Å². The number of nitrogens with two attached hydrogens (primary N) is 1. The average molecular weight is 730 g/mol. The van der Waals surface area contributed by atoms with Gasteiger partial charge < -0.3 is 20.1 Å². The highest BCUT2D eigenvalue weighted by Gasteiger charge is 2.25. The standard InChI is InChI=1S/C41H80NO7P/c1-3-5-7-9-11-13-15-17-19-20-21-22-24-26-28-30-32-34-41(43)49-40(39-48-50(44,45)47-37-35-42)38-46-36-33-31-29-27-25-23-18-16-14-12-10-8-6-4-2/h11,13,17,19,40H,3-10,12,14-16,18,20-39,42H2,1-2H3,(H,44,45)/b13-11-,19-17-/t40-/m1/s1. The van der Waals surface area contributed by atoms with Crippen LogP contribution in [0.2, 0.25) is 0 Å². The fourth-order valence-corrected chi connectivity index (χ4v) is 6.56. The van der Waals surface area contributed by atoms with Crippen LogP contribution in [-0.4, -0.2) is 49.9 Å². The molecule has 0 aliphatic carbocycles. The van der Waals surface area contributed by atoms with Crippen molar-refractivity contribution in [2.45, 2.75) is 200 Å². The molecular weight excluding hydrogens is 649 g/mol. The van der Waals surface area contributed by atoms with Crippen LogP contribution in [0.15, 0.2) is 24.3 Å². The number of unbranched alkanes of at least 4 members (excludes halogenated alkanes) is 23. The van der Waals surface area contributed by atoms with Crippen molar-refractivity contribution in [2.75, 3.05) is 33.0 Å². The maximum atomic E-state index is 12.6. The lowest BCUT2D eigenvalue weighted by molar-refractivity contribution is -0.154. The van der Waals surface area contributed by atoms with E-state index in [9.17, 15) is 14.3 Å². The first-order valence-electron chi connectivity index (χ1n) is 20.8. The first-order chi connectivity index (χ1) is 24.4. The van der Waals surface area contributed by atoms with E-state index in [-0.39, 0.29) is 32.3 Å². The molecule has 0 fully saturated rings. The van der Waals surface area contributed by atoms with E-state index in [1.54, 1.807) is 0 Å². The van der Waals surface area contributed by atoms with E-state index in [0.29, 0.717) is 13.0 Å². The van der Waals surface area contributed by atoms with Crippen LogP contribution in [0, 0.1) is 0 Å². The van der Waals surface area contributed by atoms with Crippen LogP contribution in [0.25, 0.3) is 0 Å². The van der Waals surface area contributed by atoms with E-state index in [1.807, 2.05) is 0 Å². The van der Waals surface area contributed by atoms with Crippen molar-refractivity contribution < 1.29 is 32.8 Å². The van der Waals surface area contributed by atoms with Crippen LogP contribution < -0.4 is 5.73 Å². The minimum atomic E-state index is -4.27. The second-order valence-corrected chi connectivity index (χ2v) is 15.3. The van der Waals surface area contributed by atoms with Crippen molar-refractivity contribution in [3.8, 4) is 0 Å². The summed E-state index contributed by atoms with van der Waals surface area (Å²) >= 11 is 0. The number of allylic oxidation sites excluding steroid dienone is 4. The molecule has 9 heteroatoms. The number of rotatable bonds is 40. The molecule has 0 aromatic rings. The highest BCUT2D eigenvalue weighted by Crippen LogP contribution is 2.43. The van der Waals surface area contributed by atoms with Crippen LogP contribution in [0.1, 0.15) is 194 Å². The molecule has 0 saturated carbocycles. The molecule has 0 heterocycles. The lowest BCUT2D eigenvalue weighted by Crippen LogP contribution is -2.28. The Balaban J connectivity index is 4.04. The maximum absolute atomic E-state index is 12.6. The fraction of sp³-hybridized carbons (Fsp3) is 0.878. The van der Waals surface area contributed by atoms with Gasteiger partial charge in [-0.2, -0.15) is 0 Å². The monoisotopic (exact) mass is 730 g/mol. The molecule has 0 rings (SSSR count). The molecule has 3 N–H and O–H groups in total. The van der Waals surface area contributed by atoms with Crippen molar-refractivity contribution >= 4 is 13.8 Å². The third kappa shape index (κ3) is 38.2. The second kappa shape index (κ2) is 39.2. The molecule has 0 aliphatic heterocycles. The number of carbonyl (C=O) groups is 1. The lowest BCUT2D eigenvalue weighted by Gasteiger charge is -2.20. The molecule has 0 radical (unpaired) electrons. The summed E-state index contributed by atoms with van der Waals surface area (Å²) in [5.74, 6) is -0.336. The Kier molecular flexibility index (Phi) is 38.4. The summed E-state index contributed by atoms with van der Waals surface area (Å²) in [5.41, 5.74) is 5.36. The molecule has 1 unspecified atom stereocenters. The van der Waals surface area contributed by atoms with E-state index in [4.69, 9.17) is 24.3 Å². The number of esters is 1. The third-order valence-corrected chi connectivity index (χ3v) is 9.86. The van der Waals surface area contributed by atoms with E-state index < -0.39 is 13.9 Å². The summed E-state index contributed by atoms with van der Waals surface area (Å²) in [6.07, 6.45) is 41.8. The van der Waals surface area contributed by atoms with Crippen molar-refractivity contribution in [3.05, 3.63) is 24.3 Å². The first-order valence-corrected chi connectivity index (χ1v) is 22.3. The van der Waals surface area contributed by atoms with Gasteiger partial charge in [-0.15, -0.1) is 0 Å². The molecule has 296 valence electrons. The Bertz CT molecular complexity index is 823. The molecule has 2 atom stereocenters. The van der Waals surface area contributed by atoms with Crippen LogP contribution >= 0.6 is 7.82 Å². The molecule has 8 nitrogen and oxygen atoms in total. The van der Waals surface area contributed by atoms with Gasteiger partial charge in [-0.25, -0.2) is 4.57 Å².